The van der Waals surface area contributed by atoms with Crippen LogP contribution in [0.2, 0.25) is 0 Å². The van der Waals surface area contributed by atoms with Gasteiger partial charge in [-0.25, -0.2) is 18.4 Å². The van der Waals surface area contributed by atoms with Crippen molar-refractivity contribution < 1.29 is 76.1 Å². The lowest BCUT2D eigenvalue weighted by Gasteiger charge is -2.40. The third-order valence-corrected chi connectivity index (χ3v) is 16.0. The lowest BCUT2D eigenvalue weighted by molar-refractivity contribution is -0.184. The Kier molecular flexibility index (Phi) is 23.1. The second-order valence-electron chi connectivity index (χ2n) is 24.9. The Balaban J connectivity index is 1.03. The van der Waals surface area contributed by atoms with Gasteiger partial charge in [0.1, 0.15) is 23.1 Å². The molecule has 6 unspecified atom stereocenters. The summed E-state index contributed by atoms with van der Waals surface area (Å²) in [4.78, 5) is 67.3. The van der Waals surface area contributed by atoms with Gasteiger partial charge in [-0.3, -0.25) is 9.59 Å². The maximum Gasteiger partial charge on any atom is 0.339 e. The average molecular weight is 1200 g/mol. The van der Waals surface area contributed by atoms with Crippen LogP contribution in [0.5, 0.6) is 11.5 Å². The molecule has 0 radical (unpaired) electrons. The van der Waals surface area contributed by atoms with Crippen LogP contribution in [0.15, 0.2) is 97.1 Å². The maximum absolute atomic E-state index is 15.3. The minimum absolute atomic E-state index is 0.00902. The van der Waals surface area contributed by atoms with Gasteiger partial charge in [0.25, 0.3) is 11.8 Å². The zero-order valence-corrected chi connectivity index (χ0v) is 51.1. The van der Waals surface area contributed by atoms with Crippen LogP contribution in [0.4, 0.5) is 8.78 Å². The van der Waals surface area contributed by atoms with E-state index in [9.17, 15) is 28.6 Å². The molecule has 4 aliphatic heterocycles. The number of amides is 2. The summed E-state index contributed by atoms with van der Waals surface area (Å²) in [6.07, 6.45) is -5.13. The first kappa shape index (κ1) is 65.9. The number of aliphatic hydroxyl groups excluding tert-OH is 2. The van der Waals surface area contributed by atoms with Gasteiger partial charge in [-0.15, -0.1) is 0 Å². The molecule has 0 aromatic heterocycles. The van der Waals surface area contributed by atoms with Gasteiger partial charge in [0.15, 0.2) is 23.8 Å². The standard InChI is InChI=1S/C66H88F2N4O14/c1-43(2)39-79-53-21-13-47(14-22-53)59(61(75)71(37-45-9-17-49(67)18-10-45)51-25-31-69(32-26-51)35-29-55-41-81-65(5,6)85-55)83-63(77)57(73)58(74)64(78)84-60(48-15-23-54(24-16-48)80-40-44(3)4)62(76)72(38-46-11-19-50(68)20-12-46)52-27-33-70(34-28-52)36-30-56-42-82-66(7,8)86-56/h9-24,43-44,51-52,55-60,73-74H,25-42H2,1-8H3. The lowest BCUT2D eigenvalue weighted by atomic mass is 9.99. The molecule has 18 nitrogen and oxygen atoms in total. The van der Waals surface area contributed by atoms with E-state index in [2.05, 4.69) is 9.80 Å². The zero-order valence-electron chi connectivity index (χ0n) is 51.1. The van der Waals surface area contributed by atoms with Gasteiger partial charge in [0, 0.05) is 75.6 Å². The van der Waals surface area contributed by atoms with Gasteiger partial charge in [-0.2, -0.15) is 0 Å². The summed E-state index contributed by atoms with van der Waals surface area (Å²) >= 11 is 0. The summed E-state index contributed by atoms with van der Waals surface area (Å²) in [6.45, 7) is 21.4. The van der Waals surface area contributed by atoms with Crippen molar-refractivity contribution in [2.45, 2.75) is 167 Å². The van der Waals surface area contributed by atoms with Gasteiger partial charge < -0.3 is 67.7 Å². The van der Waals surface area contributed by atoms with Crippen LogP contribution in [0, 0.1) is 23.5 Å². The Bertz CT molecular complexity index is 2620. The predicted octanol–water partition coefficient (Wildman–Crippen LogP) is 8.69. The van der Waals surface area contributed by atoms with Crippen LogP contribution < -0.4 is 9.47 Å². The van der Waals surface area contributed by atoms with Crippen LogP contribution in [0.1, 0.15) is 128 Å². The molecule has 4 aromatic carbocycles. The first-order valence-corrected chi connectivity index (χ1v) is 30.4. The fraction of sp³-hybridized carbons (Fsp3) is 0.576. The highest BCUT2D eigenvalue weighted by Gasteiger charge is 2.43. The van der Waals surface area contributed by atoms with Crippen LogP contribution in [-0.2, 0) is 60.7 Å². The number of hydrogen-bond donors (Lipinski definition) is 2. The first-order chi connectivity index (χ1) is 41.0. The van der Waals surface area contributed by atoms with Crippen molar-refractivity contribution in [3.8, 4) is 11.5 Å². The molecule has 470 valence electrons. The predicted molar refractivity (Wildman–Crippen MR) is 315 cm³/mol. The second-order valence-corrected chi connectivity index (χ2v) is 24.9. The SMILES string of the molecule is CC(C)COc1ccc(C(OC(=O)C(O)C(O)C(=O)OC(C(=O)N(Cc2ccc(F)cc2)C2CCN(CCC3COC(C)(C)O3)CC2)c2ccc(OCC(C)C)cc2)C(=O)N(Cc2ccc(F)cc2)C2CCN(CCC3COC(C)(C)O3)CC2)cc1. The number of likely N-dealkylation sites (tertiary alicyclic amines) is 2. The molecule has 0 spiro atoms. The molecule has 86 heavy (non-hydrogen) atoms. The quantitative estimate of drug-likeness (QED) is 0.0538. The van der Waals surface area contributed by atoms with Crippen molar-refractivity contribution in [3.05, 3.63) is 131 Å². The molecule has 4 aromatic rings. The normalized spacial score (nSPS) is 20.7. The number of carbonyl (C=O) groups excluding carboxylic acids is 4. The molecule has 2 N–H and O–H groups in total. The molecule has 8 rings (SSSR count). The third kappa shape index (κ3) is 19.0. The van der Waals surface area contributed by atoms with Gasteiger partial charge in [-0.05, 0) is 138 Å². The van der Waals surface area contributed by atoms with E-state index in [-0.39, 0.29) is 60.3 Å². The molecule has 0 saturated carbocycles. The Hall–Kier alpha value is -6.10. The number of halogens is 2. The molecule has 4 fully saturated rings. The van der Waals surface area contributed by atoms with E-state index in [1.807, 2.05) is 55.4 Å². The molecular formula is C66H88F2N4O14. The fourth-order valence-electron chi connectivity index (χ4n) is 11.2. The smallest absolute Gasteiger partial charge is 0.339 e. The summed E-state index contributed by atoms with van der Waals surface area (Å²) in [5.74, 6) is -5.21. The molecule has 20 heteroatoms. The zero-order chi connectivity index (χ0) is 61.7. The van der Waals surface area contributed by atoms with Crippen molar-refractivity contribution in [1.29, 1.82) is 0 Å². The fourth-order valence-corrected chi connectivity index (χ4v) is 11.2. The third-order valence-electron chi connectivity index (χ3n) is 16.0. The summed E-state index contributed by atoms with van der Waals surface area (Å²) in [5, 5.41) is 23.4. The Morgan fingerprint density at radius 2 is 0.884 bits per heavy atom. The number of piperidine rings is 2. The highest BCUT2D eigenvalue weighted by molar-refractivity contribution is 5.91. The topological polar surface area (TPSA) is 196 Å². The van der Waals surface area contributed by atoms with E-state index in [0.717, 1.165) is 25.9 Å². The molecule has 2 amide bonds. The Morgan fingerprint density at radius 1 is 0.547 bits per heavy atom. The number of nitrogens with zero attached hydrogens (tertiary/aromatic N) is 4. The molecule has 4 saturated heterocycles. The van der Waals surface area contributed by atoms with Crippen LogP contribution >= 0.6 is 0 Å². The number of rotatable bonds is 27. The van der Waals surface area contributed by atoms with Crippen molar-refractivity contribution in [3.63, 3.8) is 0 Å². The van der Waals surface area contributed by atoms with Gasteiger partial charge in [-0.1, -0.05) is 76.2 Å². The summed E-state index contributed by atoms with van der Waals surface area (Å²) in [6, 6.07) is 23.5. The van der Waals surface area contributed by atoms with Crippen molar-refractivity contribution in [2.75, 3.05) is 65.7 Å². The monoisotopic (exact) mass is 1200 g/mol. The number of aliphatic hydroxyl groups is 2. The maximum atomic E-state index is 15.3. The van der Waals surface area contributed by atoms with Gasteiger partial charge in [0.05, 0.1) is 38.6 Å². The molecular weight excluding hydrogens is 1110 g/mol. The van der Waals surface area contributed by atoms with Crippen LogP contribution in [-0.4, -0.2) is 167 Å². The summed E-state index contributed by atoms with van der Waals surface area (Å²) in [7, 11) is 0. The molecule has 4 aliphatic rings. The summed E-state index contributed by atoms with van der Waals surface area (Å²) in [5.41, 5.74) is 1.62. The minimum atomic E-state index is -2.62. The largest absolute Gasteiger partial charge is 0.493 e. The van der Waals surface area contributed by atoms with Crippen LogP contribution in [0.3, 0.4) is 0 Å². The van der Waals surface area contributed by atoms with Crippen molar-refractivity contribution in [1.82, 2.24) is 19.6 Å². The minimum Gasteiger partial charge on any atom is -0.493 e. The second kappa shape index (κ2) is 30.2. The number of benzene rings is 4. The first-order valence-electron chi connectivity index (χ1n) is 30.4. The number of esters is 2. The van der Waals surface area contributed by atoms with E-state index >= 15 is 9.59 Å². The lowest BCUT2D eigenvalue weighted by Crippen LogP contribution is -2.50. The van der Waals surface area contributed by atoms with Crippen LogP contribution in [0.25, 0.3) is 0 Å². The van der Waals surface area contributed by atoms with E-state index in [1.54, 1.807) is 82.6 Å². The van der Waals surface area contributed by atoms with E-state index in [1.165, 1.54) is 24.3 Å². The number of ether oxygens (including phenoxy) is 8. The molecule has 4 heterocycles. The van der Waals surface area contributed by atoms with Crippen molar-refractivity contribution >= 4 is 23.8 Å². The Labute approximate surface area is 504 Å². The van der Waals surface area contributed by atoms with Gasteiger partial charge >= 0.3 is 11.9 Å². The molecule has 6 atom stereocenters. The number of hydrogen-bond acceptors (Lipinski definition) is 16. The van der Waals surface area contributed by atoms with E-state index in [0.29, 0.717) is 101 Å². The molecule has 0 aliphatic carbocycles. The highest BCUT2D eigenvalue weighted by atomic mass is 19.1. The summed E-state index contributed by atoms with van der Waals surface area (Å²) < 4.78 is 76.0. The Morgan fingerprint density at radius 3 is 1.19 bits per heavy atom. The average Bonchev–Trinajstić information content (AvgIpc) is 1.67. The highest BCUT2D eigenvalue weighted by Crippen LogP contribution is 2.33. The number of carbonyl (C=O) groups is 4. The van der Waals surface area contributed by atoms with Gasteiger partial charge in [0.2, 0.25) is 12.2 Å². The van der Waals surface area contributed by atoms with E-state index < -0.39 is 71.4 Å². The van der Waals surface area contributed by atoms with E-state index in [4.69, 9.17) is 37.9 Å². The van der Waals surface area contributed by atoms with Crippen molar-refractivity contribution in [2.24, 2.45) is 11.8 Å². The molecule has 0 bridgehead atoms.